The Balaban J connectivity index is 2.71. The Bertz CT molecular complexity index is 305. The highest BCUT2D eigenvalue weighted by Gasteiger charge is 2.21. The third-order valence-electron chi connectivity index (χ3n) is 3.40. The molecule has 90 valence electrons. The third kappa shape index (κ3) is 3.64. The van der Waals surface area contributed by atoms with Gasteiger partial charge in [-0.2, -0.15) is 0 Å². The normalized spacial score (nSPS) is 13.8. The zero-order valence-electron chi connectivity index (χ0n) is 11.0. The Morgan fingerprint density at radius 3 is 2.12 bits per heavy atom. The molecule has 0 aliphatic heterocycles. The summed E-state index contributed by atoms with van der Waals surface area (Å²) in [6.07, 6.45) is 1.83. The minimum Gasteiger partial charge on any atom is -0.396 e. The zero-order chi connectivity index (χ0) is 12.2. The SMILES string of the molecule is CC(c1ccc(CCCO)cc1)C(C)(C)C. The molecular weight excluding hydrogens is 196 g/mol. The van der Waals surface area contributed by atoms with E-state index in [-0.39, 0.29) is 6.61 Å². The van der Waals surface area contributed by atoms with E-state index in [1.54, 1.807) is 0 Å². The lowest BCUT2D eigenvalue weighted by Gasteiger charge is -2.27. The van der Waals surface area contributed by atoms with E-state index in [0.717, 1.165) is 12.8 Å². The fraction of sp³-hybridized carbons (Fsp3) is 0.600. The zero-order valence-corrected chi connectivity index (χ0v) is 11.0. The van der Waals surface area contributed by atoms with Gasteiger partial charge in [0.1, 0.15) is 0 Å². The standard InChI is InChI=1S/C15H24O/c1-12(15(2,3)4)14-9-7-13(8-10-14)6-5-11-16/h7-10,12,16H,5-6,11H2,1-4H3. The van der Waals surface area contributed by atoms with E-state index in [1.165, 1.54) is 11.1 Å². The van der Waals surface area contributed by atoms with Crippen LogP contribution in [0.3, 0.4) is 0 Å². The van der Waals surface area contributed by atoms with E-state index >= 15 is 0 Å². The van der Waals surface area contributed by atoms with Crippen molar-refractivity contribution < 1.29 is 5.11 Å². The second-order valence-corrected chi connectivity index (χ2v) is 5.66. The van der Waals surface area contributed by atoms with Gasteiger partial charge in [-0.3, -0.25) is 0 Å². The molecule has 0 aliphatic carbocycles. The molecular formula is C15H24O. The molecule has 0 heterocycles. The van der Waals surface area contributed by atoms with Crippen molar-refractivity contribution in [1.82, 2.24) is 0 Å². The lowest BCUT2D eigenvalue weighted by molar-refractivity contribution is 0.288. The molecule has 1 atom stereocenters. The number of aliphatic hydroxyl groups is 1. The van der Waals surface area contributed by atoms with Crippen LogP contribution in [0, 0.1) is 5.41 Å². The quantitative estimate of drug-likeness (QED) is 0.819. The number of benzene rings is 1. The molecule has 1 aromatic carbocycles. The smallest absolute Gasteiger partial charge is 0.0434 e. The van der Waals surface area contributed by atoms with Crippen LogP contribution in [0.2, 0.25) is 0 Å². The van der Waals surface area contributed by atoms with Gasteiger partial charge < -0.3 is 5.11 Å². The fourth-order valence-electron chi connectivity index (χ4n) is 1.76. The van der Waals surface area contributed by atoms with Gasteiger partial charge in [-0.25, -0.2) is 0 Å². The van der Waals surface area contributed by atoms with Gasteiger partial charge in [0.25, 0.3) is 0 Å². The summed E-state index contributed by atoms with van der Waals surface area (Å²) in [6, 6.07) is 8.83. The summed E-state index contributed by atoms with van der Waals surface area (Å²) in [5.41, 5.74) is 3.03. The van der Waals surface area contributed by atoms with E-state index in [1.807, 2.05) is 0 Å². The first-order valence-electron chi connectivity index (χ1n) is 6.15. The van der Waals surface area contributed by atoms with Gasteiger partial charge >= 0.3 is 0 Å². The van der Waals surface area contributed by atoms with Crippen LogP contribution in [-0.2, 0) is 6.42 Å². The van der Waals surface area contributed by atoms with Crippen LogP contribution >= 0.6 is 0 Å². The molecule has 0 saturated carbocycles. The maximum absolute atomic E-state index is 8.78. The molecule has 16 heavy (non-hydrogen) atoms. The molecule has 1 unspecified atom stereocenters. The summed E-state index contributed by atoms with van der Waals surface area (Å²) in [5.74, 6) is 0.569. The second-order valence-electron chi connectivity index (χ2n) is 5.66. The molecule has 1 heteroatoms. The largest absolute Gasteiger partial charge is 0.396 e. The number of aliphatic hydroxyl groups excluding tert-OH is 1. The van der Waals surface area contributed by atoms with Crippen molar-refractivity contribution in [3.8, 4) is 0 Å². The average molecular weight is 220 g/mol. The first-order valence-corrected chi connectivity index (χ1v) is 6.15. The molecule has 0 aliphatic rings. The van der Waals surface area contributed by atoms with Crippen molar-refractivity contribution in [2.45, 2.75) is 46.5 Å². The maximum atomic E-state index is 8.78. The van der Waals surface area contributed by atoms with Crippen LogP contribution in [0.25, 0.3) is 0 Å². The summed E-state index contributed by atoms with van der Waals surface area (Å²) in [5, 5.41) is 8.78. The van der Waals surface area contributed by atoms with Crippen LogP contribution in [0.5, 0.6) is 0 Å². The second kappa shape index (κ2) is 5.49. The number of aryl methyl sites for hydroxylation is 1. The topological polar surface area (TPSA) is 20.2 Å². The van der Waals surface area contributed by atoms with Crippen LogP contribution in [0.1, 0.15) is 51.2 Å². The van der Waals surface area contributed by atoms with Crippen molar-refractivity contribution in [2.75, 3.05) is 6.61 Å². The van der Waals surface area contributed by atoms with Crippen LogP contribution < -0.4 is 0 Å². The van der Waals surface area contributed by atoms with Crippen LogP contribution in [0.4, 0.5) is 0 Å². The maximum Gasteiger partial charge on any atom is 0.0434 e. The summed E-state index contributed by atoms with van der Waals surface area (Å²) >= 11 is 0. The average Bonchev–Trinajstić information content (AvgIpc) is 2.25. The van der Waals surface area contributed by atoms with E-state index in [9.17, 15) is 0 Å². The third-order valence-corrected chi connectivity index (χ3v) is 3.40. The highest BCUT2D eigenvalue weighted by molar-refractivity contribution is 5.26. The Morgan fingerprint density at radius 2 is 1.69 bits per heavy atom. The number of hydrogen-bond acceptors (Lipinski definition) is 1. The number of hydrogen-bond donors (Lipinski definition) is 1. The Hall–Kier alpha value is -0.820. The molecule has 1 nitrogen and oxygen atoms in total. The monoisotopic (exact) mass is 220 g/mol. The van der Waals surface area contributed by atoms with E-state index in [0.29, 0.717) is 11.3 Å². The van der Waals surface area contributed by atoms with Gasteiger partial charge in [0.2, 0.25) is 0 Å². The van der Waals surface area contributed by atoms with Gasteiger partial charge in [-0.1, -0.05) is 52.0 Å². The van der Waals surface area contributed by atoms with Crippen molar-refractivity contribution in [3.63, 3.8) is 0 Å². The summed E-state index contributed by atoms with van der Waals surface area (Å²) < 4.78 is 0. The van der Waals surface area contributed by atoms with Gasteiger partial charge in [0, 0.05) is 6.61 Å². The minimum atomic E-state index is 0.278. The summed E-state index contributed by atoms with van der Waals surface area (Å²) in [4.78, 5) is 0. The highest BCUT2D eigenvalue weighted by atomic mass is 16.2. The molecule has 0 spiro atoms. The lowest BCUT2D eigenvalue weighted by atomic mass is 9.78. The van der Waals surface area contributed by atoms with E-state index in [4.69, 9.17) is 5.11 Å². The molecule has 1 N–H and O–H groups in total. The first-order chi connectivity index (χ1) is 7.45. The molecule has 0 aromatic heterocycles. The predicted molar refractivity (Wildman–Crippen MR) is 69.7 cm³/mol. The Labute approximate surface area is 99.5 Å². The van der Waals surface area contributed by atoms with Gasteiger partial charge in [0.15, 0.2) is 0 Å². The molecule has 0 radical (unpaired) electrons. The van der Waals surface area contributed by atoms with E-state index < -0.39 is 0 Å². The van der Waals surface area contributed by atoms with Crippen LogP contribution in [-0.4, -0.2) is 11.7 Å². The van der Waals surface area contributed by atoms with Gasteiger partial charge in [-0.05, 0) is 35.3 Å². The summed E-state index contributed by atoms with van der Waals surface area (Å²) in [6.45, 7) is 9.38. The van der Waals surface area contributed by atoms with Gasteiger partial charge in [-0.15, -0.1) is 0 Å². The first kappa shape index (κ1) is 13.2. The minimum absolute atomic E-state index is 0.278. The van der Waals surface area contributed by atoms with E-state index in [2.05, 4.69) is 52.0 Å². The highest BCUT2D eigenvalue weighted by Crippen LogP contribution is 2.34. The molecule has 0 saturated heterocycles. The van der Waals surface area contributed by atoms with Gasteiger partial charge in [0.05, 0.1) is 0 Å². The van der Waals surface area contributed by atoms with Crippen molar-refractivity contribution in [1.29, 1.82) is 0 Å². The fourth-order valence-corrected chi connectivity index (χ4v) is 1.76. The Morgan fingerprint density at radius 1 is 1.12 bits per heavy atom. The van der Waals surface area contributed by atoms with Crippen molar-refractivity contribution in [2.24, 2.45) is 5.41 Å². The summed E-state index contributed by atoms with van der Waals surface area (Å²) in [7, 11) is 0. The lowest BCUT2D eigenvalue weighted by Crippen LogP contribution is -2.15. The molecule has 1 aromatic rings. The molecule has 1 rings (SSSR count). The molecule has 0 fully saturated rings. The van der Waals surface area contributed by atoms with Crippen molar-refractivity contribution >= 4 is 0 Å². The Kier molecular flexibility index (Phi) is 4.55. The van der Waals surface area contributed by atoms with Crippen molar-refractivity contribution in [3.05, 3.63) is 35.4 Å². The predicted octanol–water partition coefficient (Wildman–Crippen LogP) is 3.76. The van der Waals surface area contributed by atoms with Crippen LogP contribution in [0.15, 0.2) is 24.3 Å². The number of rotatable bonds is 4. The molecule has 0 bridgehead atoms. The molecule has 0 amide bonds.